The summed E-state index contributed by atoms with van der Waals surface area (Å²) in [5, 5.41) is 1.09. The molecule has 1 unspecified atom stereocenters. The van der Waals surface area contributed by atoms with Gasteiger partial charge in [0.25, 0.3) is 0 Å². The molecule has 0 bridgehead atoms. The number of esters is 1. The standard InChI is InChI=1S/C12H18N2O2S/c1-4-16-12(15)8-5-6-9-11(8)13-10(17-9)7-14(2)3/h8H,4-7H2,1-3H3. The number of fused-ring (bicyclic) bond motifs is 1. The molecule has 1 aliphatic rings. The Morgan fingerprint density at radius 1 is 1.59 bits per heavy atom. The molecule has 17 heavy (non-hydrogen) atoms. The third kappa shape index (κ3) is 2.66. The van der Waals surface area contributed by atoms with Crippen molar-refractivity contribution in [1.29, 1.82) is 0 Å². The average molecular weight is 254 g/mol. The normalized spacial score (nSPS) is 18.5. The average Bonchev–Trinajstić information content (AvgIpc) is 2.75. The maximum atomic E-state index is 11.8. The number of aromatic nitrogens is 1. The minimum atomic E-state index is -0.128. The van der Waals surface area contributed by atoms with E-state index in [1.807, 2.05) is 21.0 Å². The van der Waals surface area contributed by atoms with E-state index in [0.717, 1.165) is 30.1 Å². The number of hydrogen-bond donors (Lipinski definition) is 0. The first-order valence-corrected chi connectivity index (χ1v) is 6.73. The Morgan fingerprint density at radius 3 is 3.00 bits per heavy atom. The topological polar surface area (TPSA) is 42.4 Å². The van der Waals surface area contributed by atoms with Crippen LogP contribution in [0.4, 0.5) is 0 Å². The van der Waals surface area contributed by atoms with Crippen molar-refractivity contribution in [3.8, 4) is 0 Å². The van der Waals surface area contributed by atoms with Crippen LogP contribution >= 0.6 is 11.3 Å². The Balaban J connectivity index is 2.14. The second kappa shape index (κ2) is 5.14. The van der Waals surface area contributed by atoms with E-state index in [-0.39, 0.29) is 11.9 Å². The van der Waals surface area contributed by atoms with E-state index in [4.69, 9.17) is 4.74 Å². The Kier molecular flexibility index (Phi) is 3.79. The zero-order chi connectivity index (χ0) is 12.4. The highest BCUT2D eigenvalue weighted by Crippen LogP contribution is 2.37. The smallest absolute Gasteiger partial charge is 0.315 e. The highest BCUT2D eigenvalue weighted by Gasteiger charge is 2.33. The van der Waals surface area contributed by atoms with Crippen LogP contribution in [-0.4, -0.2) is 36.6 Å². The van der Waals surface area contributed by atoms with Gasteiger partial charge in [-0.2, -0.15) is 0 Å². The van der Waals surface area contributed by atoms with Gasteiger partial charge in [-0.15, -0.1) is 11.3 Å². The van der Waals surface area contributed by atoms with Gasteiger partial charge in [0.05, 0.1) is 12.3 Å². The van der Waals surface area contributed by atoms with E-state index in [9.17, 15) is 4.79 Å². The largest absolute Gasteiger partial charge is 0.465 e. The number of nitrogens with zero attached hydrogens (tertiary/aromatic N) is 2. The molecule has 0 radical (unpaired) electrons. The molecule has 1 atom stereocenters. The van der Waals surface area contributed by atoms with Crippen molar-refractivity contribution in [1.82, 2.24) is 9.88 Å². The Bertz CT molecular complexity index is 415. The molecule has 1 heterocycles. The van der Waals surface area contributed by atoms with Crippen LogP contribution in [0, 0.1) is 0 Å². The van der Waals surface area contributed by atoms with Gasteiger partial charge >= 0.3 is 5.97 Å². The van der Waals surface area contributed by atoms with Crippen LogP contribution in [-0.2, 0) is 22.5 Å². The van der Waals surface area contributed by atoms with Crippen molar-refractivity contribution < 1.29 is 9.53 Å². The third-order valence-electron chi connectivity index (χ3n) is 2.78. The minimum Gasteiger partial charge on any atom is -0.465 e. The van der Waals surface area contributed by atoms with E-state index in [0.29, 0.717) is 6.61 Å². The van der Waals surface area contributed by atoms with E-state index < -0.39 is 0 Å². The molecule has 5 heteroatoms. The van der Waals surface area contributed by atoms with Crippen molar-refractivity contribution in [2.45, 2.75) is 32.2 Å². The predicted octanol–water partition coefficient (Wildman–Crippen LogP) is 1.80. The minimum absolute atomic E-state index is 0.118. The molecule has 1 aromatic heterocycles. The zero-order valence-corrected chi connectivity index (χ0v) is 11.3. The van der Waals surface area contributed by atoms with Crippen LogP contribution in [0.1, 0.15) is 34.8 Å². The van der Waals surface area contributed by atoms with E-state index in [2.05, 4.69) is 9.88 Å². The summed E-state index contributed by atoms with van der Waals surface area (Å²) >= 11 is 1.73. The second-order valence-electron chi connectivity index (χ2n) is 4.50. The monoisotopic (exact) mass is 254 g/mol. The van der Waals surface area contributed by atoms with Gasteiger partial charge < -0.3 is 9.64 Å². The maximum absolute atomic E-state index is 11.8. The summed E-state index contributed by atoms with van der Waals surface area (Å²) in [5.74, 6) is -0.245. The molecule has 0 saturated heterocycles. The van der Waals surface area contributed by atoms with Crippen LogP contribution < -0.4 is 0 Å². The summed E-state index contributed by atoms with van der Waals surface area (Å²) in [4.78, 5) is 19.7. The number of carbonyl (C=O) groups excluding carboxylic acids is 1. The SMILES string of the molecule is CCOC(=O)C1CCc2sc(CN(C)C)nc21. The van der Waals surface area contributed by atoms with Crippen molar-refractivity contribution in [2.24, 2.45) is 0 Å². The fourth-order valence-corrected chi connectivity index (χ4v) is 3.35. The molecule has 4 nitrogen and oxygen atoms in total. The predicted molar refractivity (Wildman–Crippen MR) is 67.2 cm³/mol. The number of aryl methyl sites for hydroxylation is 1. The highest BCUT2D eigenvalue weighted by atomic mass is 32.1. The fourth-order valence-electron chi connectivity index (χ4n) is 2.09. The number of carbonyl (C=O) groups is 1. The molecular weight excluding hydrogens is 236 g/mol. The van der Waals surface area contributed by atoms with Gasteiger partial charge in [-0.1, -0.05) is 0 Å². The highest BCUT2D eigenvalue weighted by molar-refractivity contribution is 7.11. The number of ether oxygens (including phenoxy) is 1. The second-order valence-corrected chi connectivity index (χ2v) is 5.67. The molecule has 0 saturated carbocycles. The first kappa shape index (κ1) is 12.5. The van der Waals surface area contributed by atoms with Crippen LogP contribution in [0.15, 0.2) is 0 Å². The van der Waals surface area contributed by atoms with Gasteiger partial charge in [-0.3, -0.25) is 4.79 Å². The lowest BCUT2D eigenvalue weighted by Crippen LogP contribution is -2.15. The number of rotatable bonds is 4. The van der Waals surface area contributed by atoms with Gasteiger partial charge in [-0.25, -0.2) is 4.98 Å². The summed E-state index contributed by atoms with van der Waals surface area (Å²) in [5.41, 5.74) is 0.963. The molecule has 0 fully saturated rings. The van der Waals surface area contributed by atoms with E-state index in [1.54, 1.807) is 11.3 Å². The molecule has 1 aromatic rings. The van der Waals surface area contributed by atoms with Gasteiger partial charge in [0, 0.05) is 11.4 Å². The van der Waals surface area contributed by atoms with E-state index in [1.165, 1.54) is 4.88 Å². The maximum Gasteiger partial charge on any atom is 0.315 e. The molecule has 2 rings (SSSR count). The first-order valence-electron chi connectivity index (χ1n) is 5.91. The summed E-state index contributed by atoms with van der Waals surface area (Å²) in [7, 11) is 4.05. The lowest BCUT2D eigenvalue weighted by atomic mass is 10.1. The van der Waals surface area contributed by atoms with Gasteiger partial charge in [-0.05, 0) is 33.9 Å². The Labute approximate surface area is 106 Å². The summed E-state index contributed by atoms with van der Waals surface area (Å²) in [6.07, 6.45) is 1.82. The lowest BCUT2D eigenvalue weighted by molar-refractivity contribution is -0.145. The summed E-state index contributed by atoms with van der Waals surface area (Å²) < 4.78 is 5.09. The van der Waals surface area contributed by atoms with Gasteiger partial charge in [0.2, 0.25) is 0 Å². The van der Waals surface area contributed by atoms with Crippen LogP contribution in [0.25, 0.3) is 0 Å². The summed E-state index contributed by atoms with van der Waals surface area (Å²) in [6, 6.07) is 0. The molecule has 0 N–H and O–H groups in total. The molecule has 0 amide bonds. The van der Waals surface area contributed by atoms with Crippen molar-refractivity contribution in [3.05, 3.63) is 15.6 Å². The molecular formula is C12H18N2O2S. The fraction of sp³-hybridized carbons (Fsp3) is 0.667. The molecule has 0 spiro atoms. The van der Waals surface area contributed by atoms with Crippen molar-refractivity contribution >= 4 is 17.3 Å². The Morgan fingerprint density at radius 2 is 2.35 bits per heavy atom. The molecule has 1 aliphatic carbocycles. The summed E-state index contributed by atoms with van der Waals surface area (Å²) in [6.45, 7) is 3.12. The van der Waals surface area contributed by atoms with Crippen LogP contribution in [0.3, 0.4) is 0 Å². The third-order valence-corrected chi connectivity index (χ3v) is 3.90. The lowest BCUT2D eigenvalue weighted by Gasteiger charge is -2.08. The zero-order valence-electron chi connectivity index (χ0n) is 10.5. The molecule has 0 aromatic carbocycles. The first-order chi connectivity index (χ1) is 8.11. The molecule has 0 aliphatic heterocycles. The van der Waals surface area contributed by atoms with E-state index >= 15 is 0 Å². The van der Waals surface area contributed by atoms with Crippen molar-refractivity contribution in [3.63, 3.8) is 0 Å². The quantitative estimate of drug-likeness (QED) is 0.768. The molecule has 94 valence electrons. The number of thiazole rings is 1. The number of hydrogen-bond acceptors (Lipinski definition) is 5. The van der Waals surface area contributed by atoms with Crippen molar-refractivity contribution in [2.75, 3.05) is 20.7 Å². The van der Waals surface area contributed by atoms with Gasteiger partial charge in [0.15, 0.2) is 0 Å². The van der Waals surface area contributed by atoms with Gasteiger partial charge in [0.1, 0.15) is 10.9 Å². The Hall–Kier alpha value is -0.940. The van der Waals surface area contributed by atoms with Crippen LogP contribution in [0.2, 0.25) is 0 Å². The van der Waals surface area contributed by atoms with Crippen LogP contribution in [0.5, 0.6) is 0 Å².